The molecule has 0 aliphatic rings. The van der Waals surface area contributed by atoms with Crippen molar-refractivity contribution in [2.24, 2.45) is 7.05 Å². The van der Waals surface area contributed by atoms with E-state index in [1.807, 2.05) is 20.2 Å². The van der Waals surface area contributed by atoms with Gasteiger partial charge in [0.25, 0.3) is 5.91 Å². The summed E-state index contributed by atoms with van der Waals surface area (Å²) < 4.78 is 1.70. The molecule has 0 spiro atoms. The van der Waals surface area contributed by atoms with Crippen molar-refractivity contribution in [3.05, 3.63) is 33.5 Å². The number of carbonyl (C=O) groups is 2. The molecule has 0 unspecified atom stereocenters. The molecule has 20 heavy (non-hydrogen) atoms. The maximum absolute atomic E-state index is 11.9. The lowest BCUT2D eigenvalue weighted by Crippen LogP contribution is -2.23. The molecule has 2 N–H and O–H groups in total. The summed E-state index contributed by atoms with van der Waals surface area (Å²) in [7, 11) is 1.82. The first-order valence-corrected chi connectivity index (χ1v) is 6.87. The van der Waals surface area contributed by atoms with E-state index in [-0.39, 0.29) is 16.6 Å². The summed E-state index contributed by atoms with van der Waals surface area (Å²) in [5.41, 5.74) is 1.76. The molecule has 0 aromatic carbocycles. The lowest BCUT2D eigenvalue weighted by Gasteiger charge is -2.02. The number of carboxylic acids is 1. The lowest BCUT2D eigenvalue weighted by atomic mass is 10.2. The van der Waals surface area contributed by atoms with Gasteiger partial charge in [-0.15, -0.1) is 11.3 Å². The third kappa shape index (κ3) is 3.02. The van der Waals surface area contributed by atoms with Gasteiger partial charge >= 0.3 is 5.97 Å². The first-order valence-electron chi connectivity index (χ1n) is 5.99. The molecular weight excluding hydrogens is 280 g/mol. The van der Waals surface area contributed by atoms with Gasteiger partial charge in [-0.1, -0.05) is 6.92 Å². The minimum Gasteiger partial charge on any atom is -0.476 e. The Morgan fingerprint density at radius 1 is 1.50 bits per heavy atom. The van der Waals surface area contributed by atoms with Crippen LogP contribution in [0.3, 0.4) is 0 Å². The highest BCUT2D eigenvalue weighted by atomic mass is 32.1. The van der Waals surface area contributed by atoms with Gasteiger partial charge in [0, 0.05) is 30.7 Å². The predicted octanol–water partition coefficient (Wildman–Crippen LogP) is 1.07. The quantitative estimate of drug-likeness (QED) is 0.859. The lowest BCUT2D eigenvalue weighted by molar-refractivity contribution is 0.0691. The summed E-state index contributed by atoms with van der Waals surface area (Å²) in [6.45, 7) is 2.34. The minimum absolute atomic E-state index is 0.115. The molecular formula is C12H14N4O3S. The average molecular weight is 294 g/mol. The molecule has 0 saturated heterocycles. The number of carboxylic acid groups (broad SMARTS) is 1. The van der Waals surface area contributed by atoms with E-state index < -0.39 is 5.97 Å². The SMILES string of the molecule is CCc1nn(C)cc1CNC(=O)c1nc(C(=O)O)cs1. The molecule has 0 radical (unpaired) electrons. The molecule has 0 atom stereocenters. The largest absolute Gasteiger partial charge is 0.476 e. The maximum atomic E-state index is 11.9. The van der Waals surface area contributed by atoms with Gasteiger partial charge in [0.2, 0.25) is 0 Å². The zero-order valence-electron chi connectivity index (χ0n) is 11.1. The molecule has 106 valence electrons. The summed E-state index contributed by atoms with van der Waals surface area (Å²) in [5.74, 6) is -1.52. The van der Waals surface area contributed by atoms with Crippen molar-refractivity contribution in [3.8, 4) is 0 Å². The van der Waals surface area contributed by atoms with Gasteiger partial charge in [-0.05, 0) is 6.42 Å². The van der Waals surface area contributed by atoms with Crippen molar-refractivity contribution in [1.82, 2.24) is 20.1 Å². The van der Waals surface area contributed by atoms with Gasteiger partial charge in [0.05, 0.1) is 5.69 Å². The number of rotatable bonds is 5. The number of nitrogens with zero attached hydrogens (tertiary/aromatic N) is 3. The van der Waals surface area contributed by atoms with Gasteiger partial charge in [-0.25, -0.2) is 9.78 Å². The van der Waals surface area contributed by atoms with Crippen LogP contribution in [0.25, 0.3) is 0 Å². The van der Waals surface area contributed by atoms with Crippen LogP contribution in [0.15, 0.2) is 11.6 Å². The molecule has 0 aliphatic heterocycles. The van der Waals surface area contributed by atoms with Gasteiger partial charge in [-0.3, -0.25) is 9.48 Å². The maximum Gasteiger partial charge on any atom is 0.355 e. The number of carbonyl (C=O) groups excluding carboxylic acids is 1. The summed E-state index contributed by atoms with van der Waals surface area (Å²) >= 11 is 1.01. The van der Waals surface area contributed by atoms with Crippen molar-refractivity contribution < 1.29 is 14.7 Å². The second-order valence-electron chi connectivity index (χ2n) is 4.15. The van der Waals surface area contributed by atoms with Crippen LogP contribution in [0, 0.1) is 0 Å². The van der Waals surface area contributed by atoms with Crippen molar-refractivity contribution in [2.75, 3.05) is 0 Å². The van der Waals surface area contributed by atoms with Crippen LogP contribution in [-0.2, 0) is 20.0 Å². The molecule has 8 heteroatoms. The van der Waals surface area contributed by atoms with E-state index in [0.29, 0.717) is 6.54 Å². The Balaban J connectivity index is 2.02. The fraction of sp³-hybridized carbons (Fsp3) is 0.333. The van der Waals surface area contributed by atoms with Crippen LogP contribution in [-0.4, -0.2) is 31.7 Å². The van der Waals surface area contributed by atoms with Crippen molar-refractivity contribution >= 4 is 23.2 Å². The Morgan fingerprint density at radius 2 is 2.25 bits per heavy atom. The van der Waals surface area contributed by atoms with Crippen LogP contribution >= 0.6 is 11.3 Å². The highest BCUT2D eigenvalue weighted by Crippen LogP contribution is 2.11. The Labute approximate surface area is 119 Å². The Bertz CT molecular complexity index is 647. The van der Waals surface area contributed by atoms with Crippen LogP contribution in [0.1, 0.15) is 38.5 Å². The highest BCUT2D eigenvalue weighted by molar-refractivity contribution is 7.11. The topological polar surface area (TPSA) is 97.1 Å². The van der Waals surface area contributed by atoms with E-state index in [9.17, 15) is 9.59 Å². The number of aromatic carboxylic acids is 1. The zero-order valence-corrected chi connectivity index (χ0v) is 11.9. The number of amides is 1. The van der Waals surface area contributed by atoms with E-state index >= 15 is 0 Å². The molecule has 2 aromatic rings. The highest BCUT2D eigenvalue weighted by Gasteiger charge is 2.15. The third-order valence-corrected chi connectivity index (χ3v) is 3.52. The summed E-state index contributed by atoms with van der Waals surface area (Å²) in [5, 5.41) is 17.2. The van der Waals surface area contributed by atoms with E-state index in [4.69, 9.17) is 5.11 Å². The number of nitrogens with one attached hydrogen (secondary N) is 1. The van der Waals surface area contributed by atoms with Crippen LogP contribution in [0.2, 0.25) is 0 Å². The molecule has 7 nitrogen and oxygen atoms in total. The van der Waals surface area contributed by atoms with Gasteiger partial charge in [0.1, 0.15) is 0 Å². The second kappa shape index (κ2) is 5.83. The first-order chi connectivity index (χ1) is 9.51. The molecule has 0 bridgehead atoms. The third-order valence-electron chi connectivity index (χ3n) is 2.68. The number of aryl methyl sites for hydroxylation is 2. The Hall–Kier alpha value is -2.22. The number of hydrogen-bond donors (Lipinski definition) is 2. The van der Waals surface area contributed by atoms with Crippen LogP contribution in [0.5, 0.6) is 0 Å². The Morgan fingerprint density at radius 3 is 2.85 bits per heavy atom. The zero-order chi connectivity index (χ0) is 14.7. The molecule has 2 rings (SSSR count). The van der Waals surface area contributed by atoms with Crippen molar-refractivity contribution in [2.45, 2.75) is 19.9 Å². The smallest absolute Gasteiger partial charge is 0.355 e. The van der Waals surface area contributed by atoms with E-state index in [1.165, 1.54) is 5.38 Å². The molecule has 1 amide bonds. The summed E-state index contributed by atoms with van der Waals surface area (Å²) in [6, 6.07) is 0. The number of hydrogen-bond acceptors (Lipinski definition) is 5. The fourth-order valence-corrected chi connectivity index (χ4v) is 2.46. The Kier molecular flexibility index (Phi) is 4.14. The molecule has 0 saturated carbocycles. The standard InChI is InChI=1S/C12H14N4O3S/c1-3-8-7(5-16(2)15-8)4-13-10(17)11-14-9(6-20-11)12(18)19/h5-6H,3-4H2,1-2H3,(H,13,17)(H,18,19). The number of thiazole rings is 1. The van der Waals surface area contributed by atoms with E-state index in [1.54, 1.807) is 4.68 Å². The average Bonchev–Trinajstić information content (AvgIpc) is 3.02. The monoisotopic (exact) mass is 294 g/mol. The van der Waals surface area contributed by atoms with Crippen molar-refractivity contribution in [1.29, 1.82) is 0 Å². The molecule has 0 aliphatic carbocycles. The second-order valence-corrected chi connectivity index (χ2v) is 5.01. The van der Waals surface area contributed by atoms with Gasteiger partial charge < -0.3 is 10.4 Å². The minimum atomic E-state index is -1.14. The van der Waals surface area contributed by atoms with Crippen LogP contribution in [0.4, 0.5) is 0 Å². The normalized spacial score (nSPS) is 10.5. The summed E-state index contributed by atoms with van der Waals surface area (Å²) in [6.07, 6.45) is 2.64. The van der Waals surface area contributed by atoms with Gasteiger partial charge in [-0.2, -0.15) is 5.10 Å². The van der Waals surface area contributed by atoms with Gasteiger partial charge in [0.15, 0.2) is 10.7 Å². The number of aromatic nitrogens is 3. The predicted molar refractivity (Wildman–Crippen MR) is 72.8 cm³/mol. The molecule has 2 aromatic heterocycles. The molecule has 0 fully saturated rings. The van der Waals surface area contributed by atoms with Crippen molar-refractivity contribution in [3.63, 3.8) is 0 Å². The fourth-order valence-electron chi connectivity index (χ4n) is 1.76. The van der Waals surface area contributed by atoms with E-state index in [0.717, 1.165) is 29.0 Å². The summed E-state index contributed by atoms with van der Waals surface area (Å²) in [4.78, 5) is 26.3. The van der Waals surface area contributed by atoms with E-state index in [2.05, 4.69) is 15.4 Å². The molecule has 2 heterocycles. The van der Waals surface area contributed by atoms with Crippen LogP contribution < -0.4 is 5.32 Å². The first kappa shape index (κ1) is 14.2.